The number of hydrogen-bond acceptors (Lipinski definition) is 3. The van der Waals surface area contributed by atoms with Crippen LogP contribution >= 0.6 is 0 Å². The van der Waals surface area contributed by atoms with Crippen LogP contribution in [0.1, 0.15) is 30.6 Å². The van der Waals surface area contributed by atoms with Crippen LogP contribution in [-0.2, 0) is 13.0 Å². The van der Waals surface area contributed by atoms with Crippen molar-refractivity contribution in [1.29, 1.82) is 0 Å². The van der Waals surface area contributed by atoms with Gasteiger partial charge < -0.3 is 5.11 Å². The lowest BCUT2D eigenvalue weighted by atomic mass is 10.0. The number of pyridine rings is 1. The van der Waals surface area contributed by atoms with Crippen LogP contribution in [0.4, 0.5) is 0 Å². The van der Waals surface area contributed by atoms with E-state index in [4.69, 9.17) is 0 Å². The number of benzene rings is 1. The molecular formula is C17H19N3O. The number of rotatable bonds is 5. The minimum absolute atomic E-state index is 0.540. The van der Waals surface area contributed by atoms with Crippen molar-refractivity contribution < 1.29 is 5.11 Å². The van der Waals surface area contributed by atoms with Gasteiger partial charge in [-0.1, -0.05) is 25.1 Å². The molecule has 2 aromatic heterocycles. The van der Waals surface area contributed by atoms with Gasteiger partial charge >= 0.3 is 0 Å². The molecule has 4 heteroatoms. The zero-order valence-corrected chi connectivity index (χ0v) is 12.1. The molecule has 0 radical (unpaired) electrons. The van der Waals surface area contributed by atoms with Gasteiger partial charge in [-0.3, -0.25) is 9.67 Å². The highest BCUT2D eigenvalue weighted by Gasteiger charge is 2.13. The smallest absolute Gasteiger partial charge is 0.0861 e. The van der Waals surface area contributed by atoms with E-state index in [9.17, 15) is 5.11 Å². The molecule has 3 rings (SSSR count). The first-order valence-electron chi connectivity index (χ1n) is 7.31. The van der Waals surface area contributed by atoms with Gasteiger partial charge in [-0.2, -0.15) is 5.10 Å². The van der Waals surface area contributed by atoms with E-state index < -0.39 is 6.10 Å². The van der Waals surface area contributed by atoms with Crippen LogP contribution in [0.3, 0.4) is 0 Å². The number of aromatic nitrogens is 3. The summed E-state index contributed by atoms with van der Waals surface area (Å²) in [4.78, 5) is 4.35. The fourth-order valence-electron chi connectivity index (χ4n) is 2.56. The predicted octanol–water partition coefficient (Wildman–Crippen LogP) is 3.12. The van der Waals surface area contributed by atoms with Crippen molar-refractivity contribution >= 4 is 10.9 Å². The second kappa shape index (κ2) is 6.06. The maximum atomic E-state index is 10.4. The summed E-state index contributed by atoms with van der Waals surface area (Å²) in [5.74, 6) is 0. The van der Waals surface area contributed by atoms with E-state index in [0.717, 1.165) is 35.0 Å². The molecule has 0 bridgehead atoms. The summed E-state index contributed by atoms with van der Waals surface area (Å²) >= 11 is 0. The lowest BCUT2D eigenvalue weighted by Crippen LogP contribution is -2.02. The molecule has 0 aliphatic rings. The number of aryl methyl sites for hydroxylation is 1. The summed E-state index contributed by atoms with van der Waals surface area (Å²) in [7, 11) is 0. The Morgan fingerprint density at radius 2 is 2.10 bits per heavy atom. The SMILES string of the molecule is CCCn1cc(C(O)Cc2ccnc3ccccc23)cn1. The molecule has 4 nitrogen and oxygen atoms in total. The first-order valence-corrected chi connectivity index (χ1v) is 7.31. The molecule has 1 N–H and O–H groups in total. The van der Waals surface area contributed by atoms with Crippen LogP contribution in [-0.4, -0.2) is 19.9 Å². The van der Waals surface area contributed by atoms with E-state index in [1.165, 1.54) is 0 Å². The summed E-state index contributed by atoms with van der Waals surface area (Å²) in [6, 6.07) is 9.99. The second-order valence-electron chi connectivity index (χ2n) is 5.24. The molecule has 0 aliphatic carbocycles. The highest BCUT2D eigenvalue weighted by molar-refractivity contribution is 5.81. The van der Waals surface area contributed by atoms with Crippen LogP contribution in [0, 0.1) is 0 Å². The molecule has 108 valence electrons. The first-order chi connectivity index (χ1) is 10.3. The van der Waals surface area contributed by atoms with Gasteiger partial charge in [0.05, 0.1) is 17.8 Å². The lowest BCUT2D eigenvalue weighted by Gasteiger charge is -2.10. The van der Waals surface area contributed by atoms with Crippen molar-refractivity contribution in [3.05, 3.63) is 60.0 Å². The van der Waals surface area contributed by atoms with E-state index in [1.807, 2.05) is 41.2 Å². The van der Waals surface area contributed by atoms with Gasteiger partial charge in [0.25, 0.3) is 0 Å². The summed E-state index contributed by atoms with van der Waals surface area (Å²) in [5.41, 5.74) is 2.93. The van der Waals surface area contributed by atoms with Crippen molar-refractivity contribution in [1.82, 2.24) is 14.8 Å². The van der Waals surface area contributed by atoms with Gasteiger partial charge in [0, 0.05) is 36.3 Å². The normalized spacial score (nSPS) is 12.7. The first kappa shape index (κ1) is 13.8. The summed E-state index contributed by atoms with van der Waals surface area (Å²) in [6.07, 6.45) is 6.54. The molecule has 2 heterocycles. The highest BCUT2D eigenvalue weighted by Crippen LogP contribution is 2.23. The van der Waals surface area contributed by atoms with Gasteiger partial charge in [0.15, 0.2) is 0 Å². The van der Waals surface area contributed by atoms with Crippen molar-refractivity contribution in [3.8, 4) is 0 Å². The Bertz CT molecular complexity index is 730. The third kappa shape index (κ3) is 2.95. The molecule has 21 heavy (non-hydrogen) atoms. The summed E-state index contributed by atoms with van der Waals surface area (Å²) in [6.45, 7) is 2.99. The topological polar surface area (TPSA) is 50.9 Å². The van der Waals surface area contributed by atoms with Gasteiger partial charge in [-0.05, 0) is 24.1 Å². The maximum absolute atomic E-state index is 10.4. The van der Waals surface area contributed by atoms with Gasteiger partial charge in [0.1, 0.15) is 0 Å². The molecule has 0 spiro atoms. The third-order valence-corrected chi connectivity index (χ3v) is 3.64. The molecule has 0 amide bonds. The average Bonchev–Trinajstić information content (AvgIpc) is 2.97. The number of aliphatic hydroxyl groups excluding tert-OH is 1. The second-order valence-corrected chi connectivity index (χ2v) is 5.24. The largest absolute Gasteiger partial charge is 0.388 e. The fourth-order valence-corrected chi connectivity index (χ4v) is 2.56. The molecular weight excluding hydrogens is 262 g/mol. The zero-order valence-electron chi connectivity index (χ0n) is 12.1. The molecule has 0 saturated carbocycles. The molecule has 0 aliphatic heterocycles. The van der Waals surface area contributed by atoms with Gasteiger partial charge in [-0.15, -0.1) is 0 Å². The van der Waals surface area contributed by atoms with E-state index in [1.54, 1.807) is 12.4 Å². The van der Waals surface area contributed by atoms with E-state index in [0.29, 0.717) is 6.42 Å². The Balaban J connectivity index is 1.83. The average molecular weight is 281 g/mol. The Labute approximate surface area is 124 Å². The summed E-state index contributed by atoms with van der Waals surface area (Å²) in [5, 5.41) is 15.8. The van der Waals surface area contributed by atoms with Crippen molar-refractivity contribution in [2.45, 2.75) is 32.4 Å². The van der Waals surface area contributed by atoms with Crippen LogP contribution < -0.4 is 0 Å². The Morgan fingerprint density at radius 3 is 2.95 bits per heavy atom. The number of fused-ring (bicyclic) bond motifs is 1. The quantitative estimate of drug-likeness (QED) is 0.781. The highest BCUT2D eigenvalue weighted by atomic mass is 16.3. The van der Waals surface area contributed by atoms with Crippen LogP contribution in [0.2, 0.25) is 0 Å². The molecule has 3 aromatic rings. The third-order valence-electron chi connectivity index (χ3n) is 3.64. The van der Waals surface area contributed by atoms with Crippen LogP contribution in [0.5, 0.6) is 0 Å². The molecule has 0 saturated heterocycles. The Hall–Kier alpha value is -2.20. The number of hydrogen-bond donors (Lipinski definition) is 1. The minimum Gasteiger partial charge on any atom is -0.388 e. The van der Waals surface area contributed by atoms with E-state index in [-0.39, 0.29) is 0 Å². The van der Waals surface area contributed by atoms with Crippen molar-refractivity contribution in [2.24, 2.45) is 0 Å². The fraction of sp³-hybridized carbons (Fsp3) is 0.294. The van der Waals surface area contributed by atoms with E-state index in [2.05, 4.69) is 17.0 Å². The standard InChI is InChI=1S/C17H19N3O/c1-2-9-20-12-14(11-19-20)17(21)10-13-7-8-18-16-6-4-3-5-15(13)16/h3-8,11-12,17,21H,2,9-10H2,1H3. The van der Waals surface area contributed by atoms with E-state index >= 15 is 0 Å². The monoisotopic (exact) mass is 281 g/mol. The van der Waals surface area contributed by atoms with Crippen molar-refractivity contribution in [3.63, 3.8) is 0 Å². The van der Waals surface area contributed by atoms with Crippen molar-refractivity contribution in [2.75, 3.05) is 0 Å². The Morgan fingerprint density at radius 1 is 1.24 bits per heavy atom. The van der Waals surface area contributed by atoms with Gasteiger partial charge in [0.2, 0.25) is 0 Å². The maximum Gasteiger partial charge on any atom is 0.0861 e. The Kier molecular flexibility index (Phi) is 3.97. The number of para-hydroxylation sites is 1. The molecule has 1 unspecified atom stereocenters. The molecule has 0 fully saturated rings. The van der Waals surface area contributed by atoms with Crippen LogP contribution in [0.15, 0.2) is 48.9 Å². The summed E-state index contributed by atoms with van der Waals surface area (Å²) < 4.78 is 1.88. The number of nitrogens with zero attached hydrogens (tertiary/aromatic N) is 3. The van der Waals surface area contributed by atoms with Crippen LogP contribution in [0.25, 0.3) is 10.9 Å². The van der Waals surface area contributed by atoms with Gasteiger partial charge in [-0.25, -0.2) is 0 Å². The lowest BCUT2D eigenvalue weighted by molar-refractivity contribution is 0.178. The molecule has 1 aromatic carbocycles. The predicted molar refractivity (Wildman–Crippen MR) is 82.9 cm³/mol. The minimum atomic E-state index is -0.540. The molecule has 1 atom stereocenters. The zero-order chi connectivity index (χ0) is 14.7. The number of aliphatic hydroxyl groups is 1.